The smallest absolute Gasteiger partial charge is 0.163 e. The Bertz CT molecular complexity index is 649. The van der Waals surface area contributed by atoms with Crippen LogP contribution in [0.3, 0.4) is 0 Å². The Balaban J connectivity index is 1.83. The normalized spacial score (nSPS) is 17.3. The van der Waals surface area contributed by atoms with Gasteiger partial charge in [0.15, 0.2) is 5.82 Å². The van der Waals surface area contributed by atoms with E-state index in [0.29, 0.717) is 5.82 Å². The van der Waals surface area contributed by atoms with Gasteiger partial charge in [0.25, 0.3) is 0 Å². The third-order valence-electron chi connectivity index (χ3n) is 4.48. The summed E-state index contributed by atoms with van der Waals surface area (Å²) in [7, 11) is 1.67. The van der Waals surface area contributed by atoms with Crippen LogP contribution in [0.5, 0.6) is 0 Å². The van der Waals surface area contributed by atoms with Crippen LogP contribution in [0.15, 0.2) is 30.6 Å². The number of methoxy groups -OCH3 is 1. The van der Waals surface area contributed by atoms with Crippen LogP contribution in [0.1, 0.15) is 18.5 Å². The Hall–Kier alpha value is -2.05. The van der Waals surface area contributed by atoms with Crippen LogP contribution in [0, 0.1) is 6.92 Å². The van der Waals surface area contributed by atoms with Gasteiger partial charge >= 0.3 is 0 Å². The van der Waals surface area contributed by atoms with Crippen molar-refractivity contribution in [3.05, 3.63) is 36.3 Å². The maximum atomic E-state index is 9.56. The number of piperidine rings is 1. The lowest BCUT2D eigenvalue weighted by Crippen LogP contribution is -2.48. The number of hydrogen-bond donors (Lipinski definition) is 1. The third-order valence-corrected chi connectivity index (χ3v) is 4.48. The van der Waals surface area contributed by atoms with Gasteiger partial charge in [0.05, 0.1) is 12.2 Å². The highest BCUT2D eigenvalue weighted by Crippen LogP contribution is 2.28. The minimum absolute atomic E-state index is 0.0566. The second-order valence-corrected chi connectivity index (χ2v) is 5.97. The van der Waals surface area contributed by atoms with Crippen molar-refractivity contribution in [1.29, 1.82) is 0 Å². The van der Waals surface area contributed by atoms with Crippen molar-refractivity contribution in [3.8, 4) is 11.4 Å². The molecule has 0 radical (unpaired) electrons. The van der Waals surface area contributed by atoms with Crippen LogP contribution >= 0.6 is 0 Å². The fourth-order valence-electron chi connectivity index (χ4n) is 2.91. The van der Waals surface area contributed by atoms with Gasteiger partial charge in [0, 0.05) is 49.9 Å². The largest absolute Gasteiger partial charge is 0.393 e. The van der Waals surface area contributed by atoms with Crippen LogP contribution in [0.2, 0.25) is 0 Å². The van der Waals surface area contributed by atoms with Crippen molar-refractivity contribution in [2.75, 3.05) is 31.7 Å². The summed E-state index contributed by atoms with van der Waals surface area (Å²) in [4.78, 5) is 15.6. The number of pyridine rings is 1. The Labute approximate surface area is 136 Å². The third kappa shape index (κ3) is 3.33. The van der Waals surface area contributed by atoms with Gasteiger partial charge in [0.1, 0.15) is 5.82 Å². The lowest BCUT2D eigenvalue weighted by atomic mass is 9.92. The summed E-state index contributed by atoms with van der Waals surface area (Å²) in [5.74, 6) is 1.61. The first-order valence-corrected chi connectivity index (χ1v) is 7.83. The molecule has 0 saturated carbocycles. The molecule has 122 valence electrons. The molecule has 3 heterocycles. The minimum atomic E-state index is -0.412. The van der Waals surface area contributed by atoms with E-state index in [2.05, 4.69) is 14.9 Å². The highest BCUT2D eigenvalue weighted by Gasteiger charge is 2.34. The Morgan fingerprint density at radius 2 is 2.09 bits per heavy atom. The molecular weight excluding hydrogens is 292 g/mol. The van der Waals surface area contributed by atoms with Gasteiger partial charge in [-0.2, -0.15) is 0 Å². The van der Waals surface area contributed by atoms with Gasteiger partial charge in [-0.1, -0.05) is 0 Å². The number of aliphatic hydroxyl groups excluding tert-OH is 1. The summed E-state index contributed by atoms with van der Waals surface area (Å²) in [6.45, 7) is 3.64. The minimum Gasteiger partial charge on any atom is -0.393 e. The molecule has 0 unspecified atom stereocenters. The lowest BCUT2D eigenvalue weighted by Gasteiger charge is -2.40. The van der Waals surface area contributed by atoms with Gasteiger partial charge in [-0.3, -0.25) is 4.98 Å². The van der Waals surface area contributed by atoms with Crippen molar-refractivity contribution < 1.29 is 9.84 Å². The summed E-state index contributed by atoms with van der Waals surface area (Å²) in [5.41, 5.74) is 1.43. The lowest BCUT2D eigenvalue weighted by molar-refractivity contribution is -0.0673. The fraction of sp³-hybridized carbons (Fsp3) is 0.471. The van der Waals surface area contributed by atoms with Crippen molar-refractivity contribution in [2.24, 2.45) is 0 Å². The molecule has 0 bridgehead atoms. The summed E-state index contributed by atoms with van der Waals surface area (Å²) in [6, 6.07) is 5.85. The fourth-order valence-corrected chi connectivity index (χ4v) is 2.91. The van der Waals surface area contributed by atoms with Crippen molar-refractivity contribution >= 4 is 5.82 Å². The van der Waals surface area contributed by atoms with Crippen LogP contribution in [0.25, 0.3) is 11.4 Å². The second-order valence-electron chi connectivity index (χ2n) is 5.97. The average Bonchev–Trinajstić information content (AvgIpc) is 2.62. The summed E-state index contributed by atoms with van der Waals surface area (Å²) >= 11 is 0. The first-order chi connectivity index (χ1) is 11.2. The predicted molar refractivity (Wildman–Crippen MR) is 88.3 cm³/mol. The molecule has 0 spiro atoms. The van der Waals surface area contributed by atoms with E-state index in [9.17, 15) is 5.11 Å². The molecule has 0 aliphatic carbocycles. The topological polar surface area (TPSA) is 71.4 Å². The highest BCUT2D eigenvalue weighted by atomic mass is 16.5. The van der Waals surface area contributed by atoms with Crippen LogP contribution < -0.4 is 4.90 Å². The number of hydrogen-bond acceptors (Lipinski definition) is 6. The van der Waals surface area contributed by atoms with E-state index in [1.54, 1.807) is 19.5 Å². The molecule has 0 aromatic carbocycles. The number of nitrogens with zero attached hydrogens (tertiary/aromatic N) is 4. The molecule has 1 saturated heterocycles. The molecule has 23 heavy (non-hydrogen) atoms. The van der Waals surface area contributed by atoms with E-state index in [4.69, 9.17) is 9.72 Å². The quantitative estimate of drug-likeness (QED) is 0.928. The van der Waals surface area contributed by atoms with Gasteiger partial charge in [0.2, 0.25) is 0 Å². The SMILES string of the molecule is COC1(CO)CCN(c2cc(C)nc(-c3cccnc3)n2)CC1. The van der Waals surface area contributed by atoms with Crippen LogP contribution in [0.4, 0.5) is 5.82 Å². The average molecular weight is 314 g/mol. The summed E-state index contributed by atoms with van der Waals surface area (Å²) in [6.07, 6.45) is 5.08. The van der Waals surface area contributed by atoms with E-state index in [1.807, 2.05) is 25.1 Å². The van der Waals surface area contributed by atoms with E-state index in [-0.39, 0.29) is 6.61 Å². The van der Waals surface area contributed by atoms with Gasteiger partial charge in [-0.25, -0.2) is 9.97 Å². The van der Waals surface area contributed by atoms with E-state index in [0.717, 1.165) is 43.0 Å². The number of anilines is 1. The number of aryl methyl sites for hydroxylation is 1. The van der Waals surface area contributed by atoms with E-state index < -0.39 is 5.60 Å². The second kappa shape index (κ2) is 6.60. The van der Waals surface area contributed by atoms with E-state index >= 15 is 0 Å². The highest BCUT2D eigenvalue weighted by molar-refractivity contribution is 5.56. The van der Waals surface area contributed by atoms with Gasteiger partial charge in [-0.05, 0) is 31.9 Å². The first kappa shape index (κ1) is 15.8. The van der Waals surface area contributed by atoms with Crippen molar-refractivity contribution in [1.82, 2.24) is 15.0 Å². The molecule has 6 heteroatoms. The Morgan fingerprint density at radius 3 is 2.70 bits per heavy atom. The number of aliphatic hydroxyl groups is 1. The van der Waals surface area contributed by atoms with Crippen LogP contribution in [-0.4, -0.2) is 52.5 Å². The molecule has 2 aromatic heterocycles. The Kier molecular flexibility index (Phi) is 4.54. The molecular formula is C17H22N4O2. The molecule has 1 aliphatic heterocycles. The molecule has 2 aromatic rings. The van der Waals surface area contributed by atoms with E-state index in [1.165, 1.54) is 0 Å². The molecule has 0 amide bonds. The zero-order valence-corrected chi connectivity index (χ0v) is 13.6. The van der Waals surface area contributed by atoms with Gasteiger partial charge < -0.3 is 14.7 Å². The molecule has 3 rings (SSSR count). The number of rotatable bonds is 4. The molecule has 1 N–H and O–H groups in total. The number of aromatic nitrogens is 3. The molecule has 1 aliphatic rings. The van der Waals surface area contributed by atoms with Crippen molar-refractivity contribution in [3.63, 3.8) is 0 Å². The first-order valence-electron chi connectivity index (χ1n) is 7.83. The monoisotopic (exact) mass is 314 g/mol. The number of ether oxygens (including phenoxy) is 1. The zero-order chi connectivity index (χ0) is 16.3. The maximum absolute atomic E-state index is 9.56. The molecule has 0 atom stereocenters. The predicted octanol–water partition coefficient (Wildman–Crippen LogP) is 1.82. The standard InChI is InChI=1S/C17H22N4O2/c1-13-10-15(20-16(19-13)14-4-3-7-18-11-14)21-8-5-17(12-22,23-2)6-9-21/h3-4,7,10-11,22H,5-6,8-9,12H2,1-2H3. The summed E-state index contributed by atoms with van der Waals surface area (Å²) < 4.78 is 5.51. The van der Waals surface area contributed by atoms with Crippen LogP contribution in [-0.2, 0) is 4.74 Å². The molecule has 6 nitrogen and oxygen atoms in total. The van der Waals surface area contributed by atoms with Gasteiger partial charge in [-0.15, -0.1) is 0 Å². The zero-order valence-electron chi connectivity index (χ0n) is 13.6. The van der Waals surface area contributed by atoms with Crippen molar-refractivity contribution in [2.45, 2.75) is 25.4 Å². The molecule has 1 fully saturated rings. The maximum Gasteiger partial charge on any atom is 0.163 e. The summed E-state index contributed by atoms with van der Waals surface area (Å²) in [5, 5.41) is 9.56. The Morgan fingerprint density at radius 1 is 1.30 bits per heavy atom.